The SMILES string of the molecule is CN1CCCC1CN(C)S(=O)(=O)c1csc(CN)c1. The van der Waals surface area contributed by atoms with Crippen LogP contribution in [0.3, 0.4) is 0 Å². The molecule has 7 heteroatoms. The van der Waals surface area contributed by atoms with Gasteiger partial charge in [0.1, 0.15) is 0 Å². The largest absolute Gasteiger partial charge is 0.326 e. The van der Waals surface area contributed by atoms with Crippen molar-refractivity contribution in [3.8, 4) is 0 Å². The molecule has 108 valence electrons. The Kier molecular flexibility index (Phi) is 4.62. The zero-order chi connectivity index (χ0) is 14.0. The van der Waals surface area contributed by atoms with Gasteiger partial charge in [-0.05, 0) is 32.5 Å². The lowest BCUT2D eigenvalue weighted by atomic mass is 10.2. The number of likely N-dealkylation sites (tertiary alicyclic amines) is 1. The standard InChI is InChI=1S/C12H21N3O2S2/c1-14-5-3-4-10(14)8-15(2)19(16,17)12-6-11(7-13)18-9-12/h6,9-10H,3-5,7-8,13H2,1-2H3. The van der Waals surface area contributed by atoms with E-state index in [1.165, 1.54) is 15.6 Å². The van der Waals surface area contributed by atoms with Gasteiger partial charge in [-0.3, -0.25) is 0 Å². The molecule has 1 aliphatic heterocycles. The van der Waals surface area contributed by atoms with Crippen LogP contribution in [-0.2, 0) is 16.6 Å². The van der Waals surface area contributed by atoms with Crippen LogP contribution < -0.4 is 5.73 Å². The lowest BCUT2D eigenvalue weighted by Crippen LogP contribution is -2.39. The molecule has 1 unspecified atom stereocenters. The van der Waals surface area contributed by atoms with Crippen molar-refractivity contribution in [2.45, 2.75) is 30.3 Å². The fourth-order valence-corrected chi connectivity index (χ4v) is 4.74. The average molecular weight is 303 g/mol. The van der Waals surface area contributed by atoms with Crippen LogP contribution in [0.5, 0.6) is 0 Å². The summed E-state index contributed by atoms with van der Waals surface area (Å²) >= 11 is 1.40. The molecule has 1 aliphatic rings. The Morgan fingerprint density at radius 2 is 2.32 bits per heavy atom. The third kappa shape index (κ3) is 3.17. The summed E-state index contributed by atoms with van der Waals surface area (Å²) in [5.41, 5.74) is 5.53. The van der Waals surface area contributed by atoms with Crippen LogP contribution in [-0.4, -0.2) is 50.8 Å². The monoisotopic (exact) mass is 303 g/mol. The highest BCUT2D eigenvalue weighted by molar-refractivity contribution is 7.89. The molecule has 0 amide bonds. The predicted molar refractivity (Wildman–Crippen MR) is 77.7 cm³/mol. The number of hydrogen-bond donors (Lipinski definition) is 1. The van der Waals surface area contributed by atoms with E-state index in [-0.39, 0.29) is 0 Å². The summed E-state index contributed by atoms with van der Waals surface area (Å²) in [4.78, 5) is 3.48. The Morgan fingerprint density at radius 3 is 2.84 bits per heavy atom. The molecular weight excluding hydrogens is 282 g/mol. The molecule has 1 atom stereocenters. The second kappa shape index (κ2) is 5.88. The normalized spacial score (nSPS) is 21.4. The molecule has 0 saturated carbocycles. The molecule has 0 bridgehead atoms. The van der Waals surface area contributed by atoms with Crippen molar-refractivity contribution in [2.75, 3.05) is 27.2 Å². The summed E-state index contributed by atoms with van der Waals surface area (Å²) in [7, 11) is 0.327. The topological polar surface area (TPSA) is 66.6 Å². The Balaban J connectivity index is 2.10. The summed E-state index contributed by atoms with van der Waals surface area (Å²) in [5, 5.41) is 1.67. The fourth-order valence-electron chi connectivity index (χ4n) is 2.39. The zero-order valence-corrected chi connectivity index (χ0v) is 13.0. The van der Waals surface area contributed by atoms with Gasteiger partial charge < -0.3 is 10.6 Å². The van der Waals surface area contributed by atoms with Crippen LogP contribution in [0.1, 0.15) is 17.7 Å². The molecule has 5 nitrogen and oxygen atoms in total. The van der Waals surface area contributed by atoms with E-state index in [2.05, 4.69) is 11.9 Å². The third-order valence-corrected chi connectivity index (χ3v) is 6.59. The second-order valence-corrected chi connectivity index (χ2v) is 8.06. The van der Waals surface area contributed by atoms with E-state index in [1.807, 2.05) is 0 Å². The molecule has 2 rings (SSSR count). The molecule has 0 radical (unpaired) electrons. The first kappa shape index (κ1) is 14.9. The summed E-state index contributed by atoms with van der Waals surface area (Å²) in [5.74, 6) is 0. The van der Waals surface area contributed by atoms with E-state index in [4.69, 9.17) is 5.73 Å². The number of nitrogens with two attached hydrogens (primary N) is 1. The molecule has 1 fully saturated rings. The lowest BCUT2D eigenvalue weighted by molar-refractivity contribution is 0.271. The molecule has 2 heterocycles. The summed E-state index contributed by atoms with van der Waals surface area (Å²) < 4.78 is 26.3. The van der Waals surface area contributed by atoms with Crippen LogP contribution in [0.4, 0.5) is 0 Å². The van der Waals surface area contributed by atoms with Gasteiger partial charge in [0.2, 0.25) is 10.0 Å². The fraction of sp³-hybridized carbons (Fsp3) is 0.667. The van der Waals surface area contributed by atoms with Crippen molar-refractivity contribution >= 4 is 21.4 Å². The number of nitrogens with zero attached hydrogens (tertiary/aromatic N) is 2. The van der Waals surface area contributed by atoms with E-state index in [0.29, 0.717) is 24.0 Å². The molecule has 0 aromatic carbocycles. The molecule has 0 spiro atoms. The number of hydrogen-bond acceptors (Lipinski definition) is 5. The third-order valence-electron chi connectivity index (χ3n) is 3.68. The highest BCUT2D eigenvalue weighted by atomic mass is 32.2. The van der Waals surface area contributed by atoms with Crippen LogP contribution in [0.25, 0.3) is 0 Å². The lowest BCUT2D eigenvalue weighted by Gasteiger charge is -2.25. The maximum absolute atomic E-state index is 12.4. The first-order chi connectivity index (χ1) is 8.95. The van der Waals surface area contributed by atoms with Gasteiger partial charge in [-0.1, -0.05) is 0 Å². The second-order valence-electron chi connectivity index (χ2n) is 5.02. The van der Waals surface area contributed by atoms with Crippen molar-refractivity contribution in [3.05, 3.63) is 16.3 Å². The molecule has 19 heavy (non-hydrogen) atoms. The first-order valence-electron chi connectivity index (χ1n) is 6.39. The smallest absolute Gasteiger partial charge is 0.243 e. The van der Waals surface area contributed by atoms with Gasteiger partial charge >= 0.3 is 0 Å². The number of rotatable bonds is 5. The maximum atomic E-state index is 12.4. The van der Waals surface area contributed by atoms with Gasteiger partial charge in [0.25, 0.3) is 0 Å². The van der Waals surface area contributed by atoms with Crippen molar-refractivity contribution < 1.29 is 8.42 Å². The van der Waals surface area contributed by atoms with Gasteiger partial charge in [0.05, 0.1) is 4.90 Å². The highest BCUT2D eigenvalue weighted by Gasteiger charge is 2.28. The molecule has 2 N–H and O–H groups in total. The van der Waals surface area contributed by atoms with Gasteiger partial charge in [0.15, 0.2) is 0 Å². The van der Waals surface area contributed by atoms with Gasteiger partial charge in [0, 0.05) is 36.4 Å². The quantitative estimate of drug-likeness (QED) is 0.878. The van der Waals surface area contributed by atoms with Crippen molar-refractivity contribution in [3.63, 3.8) is 0 Å². The summed E-state index contributed by atoms with van der Waals surface area (Å²) in [6.45, 7) is 1.98. The number of thiophene rings is 1. The Hall–Kier alpha value is -0.470. The van der Waals surface area contributed by atoms with E-state index >= 15 is 0 Å². The summed E-state index contributed by atoms with van der Waals surface area (Å²) in [6, 6.07) is 2.00. The molecule has 1 saturated heterocycles. The van der Waals surface area contributed by atoms with Crippen LogP contribution in [0.2, 0.25) is 0 Å². The molecule has 1 aromatic rings. The minimum Gasteiger partial charge on any atom is -0.326 e. The average Bonchev–Trinajstić information content (AvgIpc) is 2.99. The van der Waals surface area contributed by atoms with Crippen LogP contribution >= 0.6 is 11.3 Å². The van der Waals surface area contributed by atoms with E-state index < -0.39 is 10.0 Å². The first-order valence-corrected chi connectivity index (χ1v) is 8.71. The minimum absolute atomic E-state index is 0.326. The van der Waals surface area contributed by atoms with Crippen molar-refractivity contribution in [2.24, 2.45) is 5.73 Å². The van der Waals surface area contributed by atoms with E-state index in [9.17, 15) is 8.42 Å². The predicted octanol–water partition coefficient (Wildman–Crippen LogP) is 0.921. The maximum Gasteiger partial charge on any atom is 0.243 e. The van der Waals surface area contributed by atoms with Gasteiger partial charge in [-0.15, -0.1) is 11.3 Å². The van der Waals surface area contributed by atoms with E-state index in [1.54, 1.807) is 18.5 Å². The molecular formula is C12H21N3O2S2. The van der Waals surface area contributed by atoms with Gasteiger partial charge in [-0.2, -0.15) is 4.31 Å². The van der Waals surface area contributed by atoms with Crippen molar-refractivity contribution in [1.82, 2.24) is 9.21 Å². The van der Waals surface area contributed by atoms with Gasteiger partial charge in [-0.25, -0.2) is 8.42 Å². The molecule has 0 aliphatic carbocycles. The molecule has 1 aromatic heterocycles. The zero-order valence-electron chi connectivity index (χ0n) is 11.4. The van der Waals surface area contributed by atoms with Crippen LogP contribution in [0, 0.1) is 0 Å². The Bertz CT molecular complexity index is 527. The highest BCUT2D eigenvalue weighted by Crippen LogP contribution is 2.23. The number of sulfonamides is 1. The summed E-state index contributed by atoms with van der Waals surface area (Å²) in [6.07, 6.45) is 2.21. The Labute approximate surface area is 119 Å². The van der Waals surface area contributed by atoms with Crippen LogP contribution in [0.15, 0.2) is 16.3 Å². The number of likely N-dealkylation sites (N-methyl/N-ethyl adjacent to an activating group) is 2. The Morgan fingerprint density at radius 1 is 1.58 bits per heavy atom. The van der Waals surface area contributed by atoms with Crippen molar-refractivity contribution in [1.29, 1.82) is 0 Å². The van der Waals surface area contributed by atoms with E-state index in [0.717, 1.165) is 24.3 Å². The minimum atomic E-state index is -3.38.